The molecular weight excluding hydrogens is 294 g/mol. The minimum absolute atomic E-state index is 0.219. The fourth-order valence-electron chi connectivity index (χ4n) is 1.86. The Morgan fingerprint density at radius 2 is 2.13 bits per heavy atom. The molecule has 7 nitrogen and oxygen atoms in total. The molecule has 0 saturated carbocycles. The molecule has 0 radical (unpaired) electrons. The summed E-state index contributed by atoms with van der Waals surface area (Å²) in [5.41, 5.74) is 1.11. The van der Waals surface area contributed by atoms with Crippen molar-refractivity contribution >= 4 is 17.5 Å². The topological polar surface area (TPSA) is 79.4 Å². The molecule has 0 atom stereocenters. The average Bonchev–Trinajstić information content (AvgIpc) is 2.55. The van der Waals surface area contributed by atoms with Crippen molar-refractivity contribution in [2.24, 2.45) is 0 Å². The van der Waals surface area contributed by atoms with Crippen molar-refractivity contribution < 1.29 is 9.53 Å². The van der Waals surface area contributed by atoms with Crippen LogP contribution in [0.2, 0.25) is 0 Å². The maximum Gasteiger partial charge on any atom is 0.270 e. The number of nitrogens with one attached hydrogen (secondary N) is 2. The lowest BCUT2D eigenvalue weighted by molar-refractivity contribution is 0.0946. The number of nitrogens with zero attached hydrogens (tertiary/aromatic N) is 3. The molecule has 0 saturated heterocycles. The minimum Gasteiger partial charge on any atom is -0.497 e. The summed E-state index contributed by atoms with van der Waals surface area (Å²) in [4.78, 5) is 22.4. The number of aromatic nitrogens is 2. The molecule has 0 spiro atoms. The zero-order valence-electron chi connectivity index (χ0n) is 13.5. The van der Waals surface area contributed by atoms with Gasteiger partial charge in [0.05, 0.1) is 7.11 Å². The van der Waals surface area contributed by atoms with Gasteiger partial charge in [0.1, 0.15) is 11.4 Å². The van der Waals surface area contributed by atoms with E-state index in [0.29, 0.717) is 18.2 Å². The molecule has 0 aliphatic rings. The highest BCUT2D eigenvalue weighted by Crippen LogP contribution is 2.19. The predicted molar refractivity (Wildman–Crippen MR) is 89.2 cm³/mol. The zero-order valence-corrected chi connectivity index (χ0v) is 13.5. The van der Waals surface area contributed by atoms with E-state index >= 15 is 0 Å². The van der Waals surface area contributed by atoms with E-state index in [-0.39, 0.29) is 5.91 Å². The summed E-state index contributed by atoms with van der Waals surface area (Å²) in [6.07, 6.45) is 1.55. The third-order valence-electron chi connectivity index (χ3n) is 3.06. The van der Waals surface area contributed by atoms with Gasteiger partial charge in [0.15, 0.2) is 0 Å². The normalized spacial score (nSPS) is 10.4. The highest BCUT2D eigenvalue weighted by molar-refractivity contribution is 5.92. The van der Waals surface area contributed by atoms with Gasteiger partial charge in [-0.05, 0) is 32.3 Å². The number of ether oxygens (including phenoxy) is 1. The van der Waals surface area contributed by atoms with Crippen LogP contribution in [0.1, 0.15) is 10.5 Å². The van der Waals surface area contributed by atoms with Crippen LogP contribution in [0.4, 0.5) is 11.6 Å². The maximum atomic E-state index is 12.1. The lowest BCUT2D eigenvalue weighted by Crippen LogP contribution is -2.31. The van der Waals surface area contributed by atoms with Crippen LogP contribution in [-0.4, -0.2) is 55.1 Å². The van der Waals surface area contributed by atoms with Crippen molar-refractivity contribution in [3.05, 3.63) is 42.2 Å². The summed E-state index contributed by atoms with van der Waals surface area (Å²) in [5.74, 6) is 0.869. The zero-order chi connectivity index (χ0) is 16.7. The molecule has 0 aliphatic heterocycles. The molecule has 122 valence electrons. The molecular formula is C16H21N5O2. The molecule has 2 aromatic rings. The van der Waals surface area contributed by atoms with Crippen LogP contribution in [0.15, 0.2) is 36.5 Å². The number of likely N-dealkylation sites (N-methyl/N-ethyl adjacent to an activating group) is 1. The Morgan fingerprint density at radius 1 is 1.30 bits per heavy atom. The van der Waals surface area contributed by atoms with E-state index in [9.17, 15) is 4.79 Å². The van der Waals surface area contributed by atoms with Crippen LogP contribution < -0.4 is 15.4 Å². The lowest BCUT2D eigenvalue weighted by atomic mass is 10.3. The Morgan fingerprint density at radius 3 is 2.87 bits per heavy atom. The number of anilines is 2. The molecule has 0 aliphatic carbocycles. The summed E-state index contributed by atoms with van der Waals surface area (Å²) in [7, 11) is 5.51. The first-order chi connectivity index (χ1) is 11.1. The molecule has 23 heavy (non-hydrogen) atoms. The molecule has 7 heteroatoms. The highest BCUT2D eigenvalue weighted by atomic mass is 16.5. The highest BCUT2D eigenvalue weighted by Gasteiger charge is 2.08. The van der Waals surface area contributed by atoms with E-state index in [0.717, 1.165) is 18.0 Å². The summed E-state index contributed by atoms with van der Waals surface area (Å²) in [6, 6.07) is 8.99. The average molecular weight is 315 g/mol. The summed E-state index contributed by atoms with van der Waals surface area (Å²) in [5, 5.41) is 5.88. The number of benzene rings is 1. The standard InChI is InChI=1S/C16H21N5O2/c1-21(2)10-9-17-15(22)14-7-8-18-16(20-14)19-12-5-4-6-13(11-12)23-3/h4-8,11H,9-10H2,1-3H3,(H,17,22)(H,18,19,20). The van der Waals surface area contributed by atoms with Gasteiger partial charge in [-0.2, -0.15) is 0 Å². The number of hydrogen-bond acceptors (Lipinski definition) is 6. The summed E-state index contributed by atoms with van der Waals surface area (Å²) in [6.45, 7) is 1.33. The fraction of sp³-hybridized carbons (Fsp3) is 0.312. The number of hydrogen-bond donors (Lipinski definition) is 2. The second-order valence-corrected chi connectivity index (χ2v) is 5.18. The van der Waals surface area contributed by atoms with Crippen molar-refractivity contribution in [2.45, 2.75) is 0 Å². The monoisotopic (exact) mass is 315 g/mol. The first kappa shape index (κ1) is 16.7. The van der Waals surface area contributed by atoms with Gasteiger partial charge in [-0.25, -0.2) is 9.97 Å². The second kappa shape index (κ2) is 8.09. The van der Waals surface area contributed by atoms with E-state index in [1.54, 1.807) is 19.4 Å². The SMILES string of the molecule is COc1cccc(Nc2nccc(C(=O)NCCN(C)C)n2)c1. The van der Waals surface area contributed by atoms with Gasteiger partial charge in [-0.1, -0.05) is 6.07 Å². The van der Waals surface area contributed by atoms with Gasteiger partial charge < -0.3 is 20.3 Å². The van der Waals surface area contributed by atoms with Gasteiger partial charge in [-0.3, -0.25) is 4.79 Å². The van der Waals surface area contributed by atoms with Crippen LogP contribution in [-0.2, 0) is 0 Å². The Kier molecular flexibility index (Phi) is 5.87. The van der Waals surface area contributed by atoms with Crippen LogP contribution in [0.25, 0.3) is 0 Å². The third-order valence-corrected chi connectivity index (χ3v) is 3.06. The number of amides is 1. The first-order valence-corrected chi connectivity index (χ1v) is 7.25. The molecule has 2 rings (SSSR count). The van der Waals surface area contributed by atoms with Crippen molar-refractivity contribution in [1.29, 1.82) is 0 Å². The fourth-order valence-corrected chi connectivity index (χ4v) is 1.86. The molecule has 1 aromatic heterocycles. The largest absolute Gasteiger partial charge is 0.497 e. The quantitative estimate of drug-likeness (QED) is 0.806. The van der Waals surface area contributed by atoms with E-state index in [1.807, 2.05) is 43.3 Å². The van der Waals surface area contributed by atoms with Crippen molar-refractivity contribution in [2.75, 3.05) is 39.6 Å². The maximum absolute atomic E-state index is 12.1. The minimum atomic E-state index is -0.219. The van der Waals surface area contributed by atoms with Crippen LogP contribution in [0.3, 0.4) is 0 Å². The molecule has 0 fully saturated rings. The number of carbonyl (C=O) groups is 1. The second-order valence-electron chi connectivity index (χ2n) is 5.18. The van der Waals surface area contributed by atoms with E-state index in [1.165, 1.54) is 0 Å². The number of carbonyl (C=O) groups excluding carboxylic acids is 1. The number of rotatable bonds is 7. The first-order valence-electron chi connectivity index (χ1n) is 7.25. The van der Waals surface area contributed by atoms with Gasteiger partial charge in [0.25, 0.3) is 5.91 Å². The van der Waals surface area contributed by atoms with Gasteiger partial charge in [0.2, 0.25) is 5.95 Å². The Hall–Kier alpha value is -2.67. The molecule has 1 amide bonds. The predicted octanol–water partition coefficient (Wildman–Crippen LogP) is 1.52. The third kappa shape index (κ3) is 5.23. The molecule has 1 heterocycles. The Bertz CT molecular complexity index is 660. The van der Waals surface area contributed by atoms with Crippen molar-refractivity contribution in [3.63, 3.8) is 0 Å². The lowest BCUT2D eigenvalue weighted by Gasteiger charge is -2.11. The van der Waals surface area contributed by atoms with Gasteiger partial charge in [0, 0.05) is 31.0 Å². The van der Waals surface area contributed by atoms with Crippen molar-refractivity contribution in [1.82, 2.24) is 20.2 Å². The smallest absolute Gasteiger partial charge is 0.270 e. The van der Waals surface area contributed by atoms with Gasteiger partial charge >= 0.3 is 0 Å². The van der Waals surface area contributed by atoms with E-state index < -0.39 is 0 Å². The van der Waals surface area contributed by atoms with Crippen LogP contribution >= 0.6 is 0 Å². The van der Waals surface area contributed by atoms with Gasteiger partial charge in [-0.15, -0.1) is 0 Å². The number of methoxy groups -OCH3 is 1. The summed E-state index contributed by atoms with van der Waals surface area (Å²) < 4.78 is 5.17. The molecule has 2 N–H and O–H groups in total. The molecule has 0 bridgehead atoms. The van der Waals surface area contributed by atoms with Crippen LogP contribution in [0, 0.1) is 0 Å². The van der Waals surface area contributed by atoms with Crippen LogP contribution in [0.5, 0.6) is 5.75 Å². The Labute approximate surface area is 135 Å². The Balaban J connectivity index is 2.02. The summed E-state index contributed by atoms with van der Waals surface area (Å²) >= 11 is 0. The van der Waals surface area contributed by atoms with Crippen molar-refractivity contribution in [3.8, 4) is 5.75 Å². The molecule has 1 aromatic carbocycles. The molecule has 0 unspecified atom stereocenters. The van der Waals surface area contributed by atoms with E-state index in [2.05, 4.69) is 20.6 Å². The van der Waals surface area contributed by atoms with E-state index in [4.69, 9.17) is 4.74 Å².